The summed E-state index contributed by atoms with van der Waals surface area (Å²) in [6.07, 6.45) is -4.82. The number of halogens is 3. The van der Waals surface area contributed by atoms with Gasteiger partial charge in [0.05, 0.1) is 0 Å². The lowest BCUT2D eigenvalue weighted by Gasteiger charge is -2.09. The maximum atomic E-state index is 11.9. The van der Waals surface area contributed by atoms with Crippen molar-refractivity contribution in [3.05, 3.63) is 29.8 Å². The number of nitrogens with one attached hydrogen (secondary N) is 1. The van der Waals surface area contributed by atoms with Crippen LogP contribution in [0.25, 0.3) is 0 Å². The van der Waals surface area contributed by atoms with Crippen molar-refractivity contribution in [2.45, 2.75) is 13.3 Å². The summed E-state index contributed by atoms with van der Waals surface area (Å²) in [5.74, 6) is -1.91. The summed E-state index contributed by atoms with van der Waals surface area (Å²) in [5, 5.41) is 1.93. The second-order valence-corrected chi connectivity index (χ2v) is 3.09. The highest BCUT2D eigenvalue weighted by atomic mass is 19.4. The lowest BCUT2D eigenvalue weighted by atomic mass is 10.2. The minimum absolute atomic E-state index is 0.0954. The van der Waals surface area contributed by atoms with Crippen molar-refractivity contribution in [3.63, 3.8) is 0 Å². The van der Waals surface area contributed by atoms with Crippen LogP contribution in [0.1, 0.15) is 17.3 Å². The molecule has 7 heteroatoms. The highest BCUT2D eigenvalue weighted by Crippen LogP contribution is 2.23. The van der Waals surface area contributed by atoms with Gasteiger partial charge in [0.2, 0.25) is 5.91 Å². The SMILES string of the molecule is CC(=O)NC(=O)c1cccc(OC(F)(F)F)c1. The molecule has 2 amide bonds. The van der Waals surface area contributed by atoms with Gasteiger partial charge in [-0.1, -0.05) is 6.07 Å². The Balaban J connectivity index is 2.86. The molecule has 1 aromatic carbocycles. The van der Waals surface area contributed by atoms with E-state index in [1.165, 1.54) is 12.1 Å². The predicted molar refractivity (Wildman–Crippen MR) is 51.3 cm³/mol. The zero-order valence-corrected chi connectivity index (χ0v) is 8.67. The van der Waals surface area contributed by atoms with Gasteiger partial charge >= 0.3 is 6.36 Å². The monoisotopic (exact) mass is 247 g/mol. The Hall–Kier alpha value is -2.05. The van der Waals surface area contributed by atoms with Gasteiger partial charge in [0.25, 0.3) is 5.91 Å². The first kappa shape index (κ1) is 13.0. The van der Waals surface area contributed by atoms with Gasteiger partial charge in [-0.05, 0) is 18.2 Å². The number of hydrogen-bond acceptors (Lipinski definition) is 3. The van der Waals surface area contributed by atoms with E-state index in [0.717, 1.165) is 19.1 Å². The van der Waals surface area contributed by atoms with Crippen LogP contribution in [-0.2, 0) is 4.79 Å². The van der Waals surface area contributed by atoms with E-state index in [1.807, 2.05) is 5.32 Å². The number of hydrogen-bond donors (Lipinski definition) is 1. The average Bonchev–Trinajstić information content (AvgIpc) is 2.14. The fourth-order valence-electron chi connectivity index (χ4n) is 1.07. The maximum absolute atomic E-state index is 11.9. The van der Waals surface area contributed by atoms with Gasteiger partial charge in [0.1, 0.15) is 5.75 Å². The van der Waals surface area contributed by atoms with Gasteiger partial charge in [-0.15, -0.1) is 13.2 Å². The number of benzene rings is 1. The Kier molecular flexibility index (Phi) is 3.72. The normalized spacial score (nSPS) is 10.8. The van der Waals surface area contributed by atoms with Gasteiger partial charge in [0.15, 0.2) is 0 Å². The Bertz CT molecular complexity index is 443. The van der Waals surface area contributed by atoms with E-state index < -0.39 is 23.9 Å². The van der Waals surface area contributed by atoms with Gasteiger partial charge in [-0.2, -0.15) is 0 Å². The number of rotatable bonds is 2. The van der Waals surface area contributed by atoms with E-state index >= 15 is 0 Å². The molecule has 0 saturated carbocycles. The molecule has 0 bridgehead atoms. The predicted octanol–water partition coefficient (Wildman–Crippen LogP) is 1.86. The van der Waals surface area contributed by atoms with E-state index in [4.69, 9.17) is 0 Å². The van der Waals surface area contributed by atoms with Crippen LogP contribution >= 0.6 is 0 Å². The fraction of sp³-hybridized carbons (Fsp3) is 0.200. The Labute approximate surface area is 94.4 Å². The van der Waals surface area contributed by atoms with Crippen LogP contribution in [0.4, 0.5) is 13.2 Å². The molecule has 0 aliphatic heterocycles. The highest BCUT2D eigenvalue weighted by molar-refractivity contribution is 6.04. The molecular formula is C10H8F3NO3. The minimum atomic E-state index is -4.82. The zero-order valence-electron chi connectivity index (χ0n) is 8.67. The smallest absolute Gasteiger partial charge is 0.406 e. The van der Waals surface area contributed by atoms with Crippen LogP contribution in [-0.4, -0.2) is 18.2 Å². The van der Waals surface area contributed by atoms with Gasteiger partial charge in [-0.25, -0.2) is 0 Å². The topological polar surface area (TPSA) is 55.4 Å². The molecule has 0 heterocycles. The third kappa shape index (κ3) is 4.54. The molecule has 0 radical (unpaired) electrons. The summed E-state index contributed by atoms with van der Waals surface area (Å²) in [7, 11) is 0. The third-order valence-corrected chi connectivity index (χ3v) is 1.62. The van der Waals surface area contributed by atoms with Crippen LogP contribution in [0.2, 0.25) is 0 Å². The summed E-state index contributed by atoms with van der Waals surface area (Å²) in [4.78, 5) is 21.9. The van der Waals surface area contributed by atoms with E-state index in [-0.39, 0.29) is 5.56 Å². The Morgan fingerprint density at radius 2 is 1.94 bits per heavy atom. The first-order valence-corrected chi connectivity index (χ1v) is 4.45. The summed E-state index contributed by atoms with van der Waals surface area (Å²) < 4.78 is 39.4. The number of ether oxygens (including phenoxy) is 1. The van der Waals surface area contributed by atoms with Crippen LogP contribution in [0.3, 0.4) is 0 Å². The molecule has 0 fully saturated rings. The molecule has 0 aliphatic carbocycles. The standard InChI is InChI=1S/C10H8F3NO3/c1-6(15)14-9(16)7-3-2-4-8(5-7)17-10(11,12)13/h2-5H,1H3,(H,14,15,16). The van der Waals surface area contributed by atoms with E-state index in [9.17, 15) is 22.8 Å². The molecule has 0 unspecified atom stereocenters. The summed E-state index contributed by atoms with van der Waals surface area (Å²) in [6.45, 7) is 1.12. The number of imide groups is 1. The molecule has 0 atom stereocenters. The molecule has 17 heavy (non-hydrogen) atoms. The van der Waals surface area contributed by atoms with Crippen molar-refractivity contribution in [2.75, 3.05) is 0 Å². The largest absolute Gasteiger partial charge is 0.573 e. The van der Waals surface area contributed by atoms with E-state index in [2.05, 4.69) is 4.74 Å². The van der Waals surface area contributed by atoms with Crippen molar-refractivity contribution < 1.29 is 27.5 Å². The molecule has 1 N–H and O–H groups in total. The lowest BCUT2D eigenvalue weighted by molar-refractivity contribution is -0.274. The molecule has 0 aliphatic rings. The fourth-order valence-corrected chi connectivity index (χ4v) is 1.07. The van der Waals surface area contributed by atoms with Crippen molar-refractivity contribution in [1.82, 2.24) is 5.32 Å². The highest BCUT2D eigenvalue weighted by Gasteiger charge is 2.31. The quantitative estimate of drug-likeness (QED) is 0.867. The van der Waals surface area contributed by atoms with Crippen molar-refractivity contribution in [1.29, 1.82) is 0 Å². The Morgan fingerprint density at radius 1 is 1.29 bits per heavy atom. The number of amides is 2. The van der Waals surface area contributed by atoms with E-state index in [1.54, 1.807) is 0 Å². The van der Waals surface area contributed by atoms with Crippen LogP contribution in [0.15, 0.2) is 24.3 Å². The van der Waals surface area contributed by atoms with Crippen LogP contribution in [0, 0.1) is 0 Å². The molecule has 0 aromatic heterocycles. The molecule has 1 aromatic rings. The minimum Gasteiger partial charge on any atom is -0.406 e. The number of carbonyl (C=O) groups is 2. The van der Waals surface area contributed by atoms with Crippen molar-refractivity contribution in [3.8, 4) is 5.75 Å². The van der Waals surface area contributed by atoms with Gasteiger partial charge < -0.3 is 4.74 Å². The molecule has 0 saturated heterocycles. The Morgan fingerprint density at radius 3 is 2.47 bits per heavy atom. The maximum Gasteiger partial charge on any atom is 0.573 e. The molecule has 92 valence electrons. The summed E-state index contributed by atoms with van der Waals surface area (Å²) >= 11 is 0. The third-order valence-electron chi connectivity index (χ3n) is 1.62. The van der Waals surface area contributed by atoms with Gasteiger partial charge in [-0.3, -0.25) is 14.9 Å². The van der Waals surface area contributed by atoms with Crippen LogP contribution in [0.5, 0.6) is 5.75 Å². The second kappa shape index (κ2) is 4.86. The van der Waals surface area contributed by atoms with Crippen molar-refractivity contribution in [2.24, 2.45) is 0 Å². The molecule has 1 rings (SSSR count). The summed E-state index contributed by atoms with van der Waals surface area (Å²) in [6, 6.07) is 4.43. The number of alkyl halides is 3. The summed E-state index contributed by atoms with van der Waals surface area (Å²) in [5.41, 5.74) is -0.0954. The molecule has 0 spiro atoms. The zero-order chi connectivity index (χ0) is 13.1. The first-order chi connectivity index (χ1) is 7.78. The average molecular weight is 247 g/mol. The second-order valence-electron chi connectivity index (χ2n) is 3.09. The van der Waals surface area contributed by atoms with E-state index in [0.29, 0.717) is 0 Å². The lowest BCUT2D eigenvalue weighted by Crippen LogP contribution is -2.28. The van der Waals surface area contributed by atoms with Crippen LogP contribution < -0.4 is 10.1 Å². The molecular weight excluding hydrogens is 239 g/mol. The molecule has 4 nitrogen and oxygen atoms in total. The first-order valence-electron chi connectivity index (χ1n) is 4.45. The number of carbonyl (C=O) groups excluding carboxylic acids is 2. The van der Waals surface area contributed by atoms with Gasteiger partial charge in [0, 0.05) is 12.5 Å². The van der Waals surface area contributed by atoms with Crippen molar-refractivity contribution >= 4 is 11.8 Å².